The van der Waals surface area contributed by atoms with Gasteiger partial charge in [0.1, 0.15) is 0 Å². The van der Waals surface area contributed by atoms with Gasteiger partial charge in [0.2, 0.25) is 0 Å². The average molecular weight is 233 g/mol. The summed E-state index contributed by atoms with van der Waals surface area (Å²) in [4.78, 5) is 0. The van der Waals surface area contributed by atoms with Crippen LogP contribution in [0.3, 0.4) is 0 Å². The van der Waals surface area contributed by atoms with E-state index in [1.807, 2.05) is 0 Å². The number of hydrogen-bond donors (Lipinski definition) is 1. The van der Waals surface area contributed by atoms with E-state index >= 15 is 0 Å². The highest BCUT2D eigenvalue weighted by Crippen LogP contribution is 2.09. The Bertz CT molecular complexity index is 180. The van der Waals surface area contributed by atoms with E-state index in [1.54, 1.807) is 0 Å². The molecule has 0 aromatic heterocycles. The molecule has 0 aromatic rings. The zero-order valence-electron chi connectivity index (χ0n) is 10.9. The van der Waals surface area contributed by atoms with Crippen LogP contribution in [0.15, 0.2) is 0 Å². The first-order valence-corrected chi connectivity index (χ1v) is 7.41. The lowest BCUT2D eigenvalue weighted by atomic mass is 10.2. The van der Waals surface area contributed by atoms with Crippen LogP contribution in [0.1, 0.15) is 41.0 Å². The van der Waals surface area contributed by atoms with Gasteiger partial charge >= 0.3 is 0 Å². The highest BCUT2D eigenvalue weighted by molar-refractivity contribution is 7.85. The molecule has 0 fully saturated rings. The molecule has 2 atom stereocenters. The second kappa shape index (κ2) is 8.28. The van der Waals surface area contributed by atoms with Crippen molar-refractivity contribution in [2.24, 2.45) is 11.8 Å². The molecule has 0 amide bonds. The Labute approximate surface area is 97.7 Å². The Kier molecular flexibility index (Phi) is 8.34. The molecule has 0 aliphatic carbocycles. The molecule has 0 saturated heterocycles. The minimum atomic E-state index is -0.649. The largest absolute Gasteiger partial charge is 0.316 e. The van der Waals surface area contributed by atoms with Crippen LogP contribution in [0.5, 0.6) is 0 Å². The fourth-order valence-corrected chi connectivity index (χ4v) is 2.63. The van der Waals surface area contributed by atoms with E-state index in [0.717, 1.165) is 25.3 Å². The standard InChI is InChI=1S/C12H27NOS/c1-10(2)9-13-7-6-8-15(14)12(5)11(3)4/h10-13H,6-9H2,1-5H3. The molecule has 0 aliphatic heterocycles. The van der Waals surface area contributed by atoms with Gasteiger partial charge in [-0.3, -0.25) is 4.21 Å². The molecule has 2 unspecified atom stereocenters. The number of hydrogen-bond acceptors (Lipinski definition) is 2. The lowest BCUT2D eigenvalue weighted by Gasteiger charge is -2.15. The van der Waals surface area contributed by atoms with E-state index in [9.17, 15) is 4.21 Å². The second-order valence-electron chi connectivity index (χ2n) is 4.99. The Morgan fingerprint density at radius 3 is 2.20 bits per heavy atom. The predicted octanol–water partition coefficient (Wildman–Crippen LogP) is 2.42. The molecular weight excluding hydrogens is 206 g/mol. The van der Waals surface area contributed by atoms with Gasteiger partial charge in [-0.25, -0.2) is 0 Å². The van der Waals surface area contributed by atoms with Crippen LogP contribution >= 0.6 is 0 Å². The van der Waals surface area contributed by atoms with Gasteiger partial charge in [0.15, 0.2) is 0 Å². The number of rotatable bonds is 8. The zero-order chi connectivity index (χ0) is 11.8. The molecule has 3 heteroatoms. The summed E-state index contributed by atoms with van der Waals surface area (Å²) in [5, 5.41) is 3.70. The van der Waals surface area contributed by atoms with E-state index in [-0.39, 0.29) is 0 Å². The van der Waals surface area contributed by atoms with E-state index in [2.05, 4.69) is 39.9 Å². The maximum Gasteiger partial charge on any atom is 0.0342 e. The summed E-state index contributed by atoms with van der Waals surface area (Å²) < 4.78 is 11.8. The summed E-state index contributed by atoms with van der Waals surface area (Å²) in [6, 6.07) is 0. The Balaban J connectivity index is 3.47. The van der Waals surface area contributed by atoms with Crippen molar-refractivity contribution in [3.63, 3.8) is 0 Å². The van der Waals surface area contributed by atoms with Gasteiger partial charge in [-0.15, -0.1) is 0 Å². The van der Waals surface area contributed by atoms with Crippen molar-refractivity contribution in [2.75, 3.05) is 18.8 Å². The first-order chi connectivity index (χ1) is 6.95. The molecular formula is C12H27NOS. The summed E-state index contributed by atoms with van der Waals surface area (Å²) in [6.45, 7) is 12.8. The van der Waals surface area contributed by atoms with Crippen LogP contribution in [0.25, 0.3) is 0 Å². The van der Waals surface area contributed by atoms with Crippen molar-refractivity contribution in [1.29, 1.82) is 0 Å². The molecule has 15 heavy (non-hydrogen) atoms. The van der Waals surface area contributed by atoms with Gasteiger partial charge in [-0.2, -0.15) is 0 Å². The second-order valence-corrected chi connectivity index (χ2v) is 6.90. The van der Waals surface area contributed by atoms with Gasteiger partial charge in [0, 0.05) is 21.8 Å². The lowest BCUT2D eigenvalue weighted by molar-refractivity contribution is 0.549. The maximum atomic E-state index is 11.8. The minimum Gasteiger partial charge on any atom is -0.316 e. The summed E-state index contributed by atoms with van der Waals surface area (Å²) in [7, 11) is -0.649. The van der Waals surface area contributed by atoms with E-state index in [0.29, 0.717) is 17.1 Å². The van der Waals surface area contributed by atoms with Gasteiger partial charge in [-0.1, -0.05) is 34.6 Å². The SMILES string of the molecule is CC(C)CNCCCS(=O)C(C)C(C)C. The first kappa shape index (κ1) is 15.1. The molecule has 0 radical (unpaired) electrons. The molecule has 0 aliphatic rings. The topological polar surface area (TPSA) is 29.1 Å². The molecule has 0 heterocycles. The van der Waals surface area contributed by atoms with Crippen molar-refractivity contribution in [1.82, 2.24) is 5.32 Å². The monoisotopic (exact) mass is 233 g/mol. The molecule has 0 spiro atoms. The van der Waals surface area contributed by atoms with Crippen LogP contribution in [-0.4, -0.2) is 28.3 Å². The summed E-state index contributed by atoms with van der Waals surface area (Å²) in [6.07, 6.45) is 1.02. The number of nitrogens with one attached hydrogen (secondary N) is 1. The Hall–Kier alpha value is 0.110. The van der Waals surface area contributed by atoms with Gasteiger partial charge in [0.25, 0.3) is 0 Å². The summed E-state index contributed by atoms with van der Waals surface area (Å²) in [5.74, 6) is 2.06. The Morgan fingerprint density at radius 1 is 1.13 bits per heavy atom. The van der Waals surface area contributed by atoms with E-state index in [4.69, 9.17) is 0 Å². The molecule has 0 bridgehead atoms. The van der Waals surface area contributed by atoms with E-state index in [1.165, 1.54) is 0 Å². The van der Waals surface area contributed by atoms with Crippen molar-refractivity contribution in [2.45, 2.75) is 46.3 Å². The highest BCUT2D eigenvalue weighted by Gasteiger charge is 2.13. The smallest absolute Gasteiger partial charge is 0.0342 e. The fraction of sp³-hybridized carbons (Fsp3) is 1.00. The molecule has 92 valence electrons. The minimum absolute atomic E-state index is 0.329. The van der Waals surface area contributed by atoms with Crippen molar-refractivity contribution < 1.29 is 4.21 Å². The van der Waals surface area contributed by atoms with Crippen molar-refractivity contribution in [3.05, 3.63) is 0 Å². The van der Waals surface area contributed by atoms with Gasteiger partial charge in [-0.05, 0) is 31.3 Å². The molecule has 0 aromatic carbocycles. The highest BCUT2D eigenvalue weighted by atomic mass is 32.2. The van der Waals surface area contributed by atoms with Crippen molar-refractivity contribution >= 4 is 10.8 Å². The van der Waals surface area contributed by atoms with Crippen LogP contribution in [0.4, 0.5) is 0 Å². The quantitative estimate of drug-likeness (QED) is 0.652. The van der Waals surface area contributed by atoms with Gasteiger partial charge in [0.05, 0.1) is 0 Å². The molecule has 2 nitrogen and oxygen atoms in total. The third kappa shape index (κ3) is 7.97. The van der Waals surface area contributed by atoms with Crippen LogP contribution in [0.2, 0.25) is 0 Å². The predicted molar refractivity (Wildman–Crippen MR) is 69.6 cm³/mol. The summed E-state index contributed by atoms with van der Waals surface area (Å²) >= 11 is 0. The third-order valence-corrected chi connectivity index (χ3v) is 4.67. The first-order valence-electron chi connectivity index (χ1n) is 6.03. The van der Waals surface area contributed by atoms with Crippen LogP contribution < -0.4 is 5.32 Å². The molecule has 0 rings (SSSR count). The van der Waals surface area contributed by atoms with Gasteiger partial charge < -0.3 is 5.32 Å². The fourth-order valence-electron chi connectivity index (χ4n) is 1.22. The average Bonchev–Trinajstić information content (AvgIpc) is 2.15. The molecule has 1 N–H and O–H groups in total. The zero-order valence-corrected chi connectivity index (χ0v) is 11.7. The van der Waals surface area contributed by atoms with Crippen LogP contribution in [0, 0.1) is 11.8 Å². The summed E-state index contributed by atoms with van der Waals surface area (Å²) in [5.41, 5.74) is 0. The lowest BCUT2D eigenvalue weighted by Crippen LogP contribution is -2.24. The Morgan fingerprint density at radius 2 is 1.73 bits per heavy atom. The van der Waals surface area contributed by atoms with Crippen molar-refractivity contribution in [3.8, 4) is 0 Å². The van der Waals surface area contributed by atoms with E-state index < -0.39 is 10.8 Å². The normalized spacial score (nSPS) is 15.9. The maximum absolute atomic E-state index is 11.8. The molecule has 0 saturated carbocycles. The van der Waals surface area contributed by atoms with Crippen LogP contribution in [-0.2, 0) is 10.8 Å². The third-order valence-electron chi connectivity index (χ3n) is 2.61.